The van der Waals surface area contributed by atoms with Gasteiger partial charge in [0, 0.05) is 12.6 Å². The summed E-state index contributed by atoms with van der Waals surface area (Å²) in [5, 5.41) is 12.6. The molecule has 1 aromatic carbocycles. The molecule has 0 aliphatic carbocycles. The van der Waals surface area contributed by atoms with Crippen LogP contribution in [0.4, 0.5) is 26.3 Å². The predicted molar refractivity (Wildman–Crippen MR) is 104 cm³/mol. The Kier molecular flexibility index (Phi) is 8.13. The lowest BCUT2D eigenvalue weighted by atomic mass is 10.0. The topological polar surface area (TPSA) is 98.5 Å². The molecule has 0 spiro atoms. The molecule has 15 heteroatoms. The SMILES string of the molecule is O=C(COc1ccc(C(F)(F)F)c(Cl)c1)N[C@H]1CC[C@H](c2nnc(OCCC(F)(F)F)o2)NC1. The van der Waals surface area contributed by atoms with Crippen LogP contribution >= 0.6 is 11.6 Å². The van der Waals surface area contributed by atoms with Crippen molar-refractivity contribution in [1.29, 1.82) is 0 Å². The Morgan fingerprint density at radius 1 is 1.18 bits per heavy atom. The van der Waals surface area contributed by atoms with E-state index in [1.165, 1.54) is 0 Å². The van der Waals surface area contributed by atoms with Crippen molar-refractivity contribution >= 4 is 17.5 Å². The summed E-state index contributed by atoms with van der Waals surface area (Å²) >= 11 is 5.61. The lowest BCUT2D eigenvalue weighted by Gasteiger charge is -2.28. The van der Waals surface area contributed by atoms with Crippen LogP contribution in [0, 0.1) is 0 Å². The van der Waals surface area contributed by atoms with E-state index in [1.807, 2.05) is 0 Å². The van der Waals surface area contributed by atoms with Gasteiger partial charge in [-0.15, -0.1) is 5.10 Å². The first-order valence-corrected chi connectivity index (χ1v) is 10.3. The van der Waals surface area contributed by atoms with Gasteiger partial charge in [-0.2, -0.15) is 26.3 Å². The number of ether oxygens (including phenoxy) is 2. The number of nitrogens with zero attached hydrogens (tertiary/aromatic N) is 2. The van der Waals surface area contributed by atoms with Gasteiger partial charge in [0.2, 0.25) is 5.89 Å². The Balaban J connectivity index is 1.40. The second-order valence-corrected chi connectivity index (χ2v) is 7.76. The monoisotopic (exact) mass is 516 g/mol. The number of aromatic nitrogens is 2. The molecule has 34 heavy (non-hydrogen) atoms. The van der Waals surface area contributed by atoms with Crippen LogP contribution in [0.2, 0.25) is 5.02 Å². The minimum atomic E-state index is -4.60. The van der Waals surface area contributed by atoms with Gasteiger partial charge >= 0.3 is 18.4 Å². The van der Waals surface area contributed by atoms with Crippen LogP contribution in [0.3, 0.4) is 0 Å². The van der Waals surface area contributed by atoms with Crippen molar-refractivity contribution in [2.45, 2.75) is 43.7 Å². The molecular weight excluding hydrogens is 498 g/mol. The van der Waals surface area contributed by atoms with Crippen LogP contribution in [0.15, 0.2) is 22.6 Å². The van der Waals surface area contributed by atoms with Crippen LogP contribution in [0.25, 0.3) is 0 Å². The van der Waals surface area contributed by atoms with E-state index in [4.69, 9.17) is 25.5 Å². The lowest BCUT2D eigenvalue weighted by molar-refractivity contribution is -0.140. The van der Waals surface area contributed by atoms with Gasteiger partial charge in [0.1, 0.15) is 12.4 Å². The molecule has 2 aromatic rings. The quantitative estimate of drug-likeness (QED) is 0.511. The number of rotatable bonds is 8. The van der Waals surface area contributed by atoms with Gasteiger partial charge in [-0.25, -0.2) is 0 Å². The van der Waals surface area contributed by atoms with Crippen molar-refractivity contribution in [3.8, 4) is 11.8 Å². The maximum Gasteiger partial charge on any atom is 0.417 e. The molecule has 1 amide bonds. The first-order valence-electron chi connectivity index (χ1n) is 9.96. The van der Waals surface area contributed by atoms with E-state index in [0.717, 1.165) is 18.2 Å². The zero-order valence-electron chi connectivity index (χ0n) is 17.3. The van der Waals surface area contributed by atoms with Crippen LogP contribution in [0.5, 0.6) is 11.8 Å². The first-order chi connectivity index (χ1) is 15.9. The summed E-state index contributed by atoms with van der Waals surface area (Å²) in [6.07, 6.45) is -9.47. The predicted octanol–water partition coefficient (Wildman–Crippen LogP) is 4.06. The van der Waals surface area contributed by atoms with E-state index >= 15 is 0 Å². The second kappa shape index (κ2) is 10.7. The van der Waals surface area contributed by atoms with E-state index < -0.39 is 48.5 Å². The Morgan fingerprint density at radius 2 is 1.94 bits per heavy atom. The molecule has 3 rings (SSSR count). The van der Waals surface area contributed by atoms with Crippen molar-refractivity contribution in [3.05, 3.63) is 34.7 Å². The third-order valence-corrected chi connectivity index (χ3v) is 5.04. The molecule has 1 aliphatic rings. The zero-order valence-corrected chi connectivity index (χ0v) is 18.1. The van der Waals surface area contributed by atoms with Gasteiger partial charge in [-0.1, -0.05) is 16.7 Å². The average Bonchev–Trinajstić information content (AvgIpc) is 3.20. The van der Waals surface area contributed by atoms with Crippen molar-refractivity contribution in [1.82, 2.24) is 20.8 Å². The van der Waals surface area contributed by atoms with Gasteiger partial charge in [0.05, 0.1) is 23.0 Å². The molecule has 0 unspecified atom stereocenters. The highest BCUT2D eigenvalue weighted by Gasteiger charge is 2.33. The molecule has 2 heterocycles. The molecule has 1 aliphatic heterocycles. The fourth-order valence-corrected chi connectivity index (χ4v) is 3.38. The Hall–Kier alpha value is -2.74. The smallest absolute Gasteiger partial charge is 0.417 e. The van der Waals surface area contributed by atoms with Crippen LogP contribution in [-0.4, -0.2) is 48.1 Å². The number of carbonyl (C=O) groups is 1. The molecule has 0 radical (unpaired) electrons. The number of alkyl halides is 6. The minimum Gasteiger partial charge on any atom is -0.484 e. The molecule has 2 N–H and O–H groups in total. The van der Waals surface area contributed by atoms with E-state index in [1.54, 1.807) is 0 Å². The molecule has 0 saturated carbocycles. The third kappa shape index (κ3) is 7.65. The van der Waals surface area contributed by atoms with Crippen molar-refractivity contribution in [2.24, 2.45) is 0 Å². The van der Waals surface area contributed by atoms with E-state index in [2.05, 4.69) is 20.8 Å². The Morgan fingerprint density at radius 3 is 2.56 bits per heavy atom. The number of hydrogen-bond donors (Lipinski definition) is 2. The third-order valence-electron chi connectivity index (χ3n) is 4.73. The number of nitrogens with one attached hydrogen (secondary N) is 2. The van der Waals surface area contributed by atoms with Crippen LogP contribution in [-0.2, 0) is 11.0 Å². The Bertz CT molecular complexity index is 976. The maximum atomic E-state index is 12.7. The van der Waals surface area contributed by atoms with Crippen molar-refractivity contribution in [2.75, 3.05) is 19.8 Å². The molecular formula is C19H19ClF6N4O4. The Labute approximate surface area is 193 Å². The van der Waals surface area contributed by atoms with Crippen LogP contribution in [0.1, 0.15) is 36.8 Å². The summed E-state index contributed by atoms with van der Waals surface area (Å²) in [4.78, 5) is 12.1. The molecule has 2 atom stereocenters. The number of carbonyl (C=O) groups excluding carboxylic acids is 1. The highest BCUT2D eigenvalue weighted by molar-refractivity contribution is 6.31. The average molecular weight is 517 g/mol. The number of halogens is 7. The summed E-state index contributed by atoms with van der Waals surface area (Å²) < 4.78 is 89.8. The standard InChI is InChI=1S/C19H19ClF6N4O4/c20-13-7-11(2-3-12(13)19(24,25)26)33-9-15(31)28-10-1-4-14(27-8-10)16-29-30-17(34-16)32-6-5-18(21,22)23/h2-3,7,10,14,27H,1,4-6,8-9H2,(H,28,31)/t10-,14+/m0/s1. The van der Waals surface area contributed by atoms with Crippen molar-refractivity contribution < 1.29 is 45.0 Å². The molecule has 1 fully saturated rings. The lowest BCUT2D eigenvalue weighted by Crippen LogP contribution is -2.48. The second-order valence-electron chi connectivity index (χ2n) is 7.35. The molecule has 1 saturated heterocycles. The molecule has 8 nitrogen and oxygen atoms in total. The van der Waals surface area contributed by atoms with Gasteiger partial charge in [0.25, 0.3) is 5.91 Å². The number of piperidine rings is 1. The largest absolute Gasteiger partial charge is 0.484 e. The summed E-state index contributed by atoms with van der Waals surface area (Å²) in [6.45, 7) is -0.739. The van der Waals surface area contributed by atoms with Crippen molar-refractivity contribution in [3.63, 3.8) is 0 Å². The first kappa shape index (κ1) is 25.9. The van der Waals surface area contributed by atoms with Gasteiger partial charge in [-0.05, 0) is 31.0 Å². The summed E-state index contributed by atoms with van der Waals surface area (Å²) in [7, 11) is 0. The fraction of sp³-hybridized carbons (Fsp3) is 0.526. The molecule has 1 aromatic heterocycles. The van der Waals surface area contributed by atoms with E-state index in [-0.39, 0.29) is 29.8 Å². The summed E-state index contributed by atoms with van der Waals surface area (Å²) in [5.74, 6) is -0.326. The fourth-order valence-electron chi connectivity index (χ4n) is 3.10. The number of amides is 1. The summed E-state index contributed by atoms with van der Waals surface area (Å²) in [6, 6.07) is 2.18. The molecule has 0 bridgehead atoms. The molecule has 188 valence electrons. The van der Waals surface area contributed by atoms with Gasteiger partial charge in [0.15, 0.2) is 6.61 Å². The minimum absolute atomic E-state index is 0.0135. The van der Waals surface area contributed by atoms with E-state index in [9.17, 15) is 31.1 Å². The normalized spacial score (nSPS) is 19.0. The highest BCUT2D eigenvalue weighted by Crippen LogP contribution is 2.36. The van der Waals surface area contributed by atoms with E-state index in [0.29, 0.717) is 19.4 Å². The number of hydrogen-bond acceptors (Lipinski definition) is 7. The number of benzene rings is 1. The summed E-state index contributed by atoms with van der Waals surface area (Å²) in [5.41, 5.74) is -1.00. The highest BCUT2D eigenvalue weighted by atomic mass is 35.5. The maximum absolute atomic E-state index is 12.7. The van der Waals surface area contributed by atoms with Gasteiger partial charge < -0.3 is 24.5 Å². The van der Waals surface area contributed by atoms with Crippen LogP contribution < -0.4 is 20.1 Å². The zero-order chi connectivity index (χ0) is 24.9. The van der Waals surface area contributed by atoms with Gasteiger partial charge in [-0.3, -0.25) is 4.79 Å².